The smallest absolute Gasteiger partial charge is 0.255 e. The van der Waals surface area contributed by atoms with Crippen LogP contribution in [-0.2, 0) is 11.2 Å². The number of ether oxygens (including phenoxy) is 1. The van der Waals surface area contributed by atoms with Gasteiger partial charge in [0.05, 0.1) is 11.1 Å². The molecule has 0 saturated heterocycles. The summed E-state index contributed by atoms with van der Waals surface area (Å²) in [6.45, 7) is 1.66. The van der Waals surface area contributed by atoms with E-state index < -0.39 is 0 Å². The standard InChI is InChI=1S/C19H24N4O3/c1-23(10-6-15-4-8-20-9-5-15)19(25)17-12-16(13-21-14-17)18(24)22-7-3-11-26-2/h4-5,8-9,12-14H,3,6-7,10-11H2,1-2H3,(H,22,24). The van der Waals surface area contributed by atoms with E-state index in [0.717, 1.165) is 18.4 Å². The molecule has 0 fully saturated rings. The molecule has 0 spiro atoms. The summed E-state index contributed by atoms with van der Waals surface area (Å²) in [5.41, 5.74) is 1.88. The van der Waals surface area contributed by atoms with Gasteiger partial charge in [-0.3, -0.25) is 19.6 Å². The lowest BCUT2D eigenvalue weighted by atomic mass is 10.1. The van der Waals surface area contributed by atoms with E-state index in [1.807, 2.05) is 12.1 Å². The van der Waals surface area contributed by atoms with Crippen LogP contribution in [0, 0.1) is 0 Å². The van der Waals surface area contributed by atoms with Crippen molar-refractivity contribution in [3.05, 3.63) is 59.7 Å². The van der Waals surface area contributed by atoms with Crippen molar-refractivity contribution in [2.75, 3.05) is 33.9 Å². The van der Waals surface area contributed by atoms with Crippen molar-refractivity contribution in [3.63, 3.8) is 0 Å². The second kappa shape index (κ2) is 10.2. The molecule has 0 saturated carbocycles. The maximum absolute atomic E-state index is 12.6. The normalized spacial score (nSPS) is 10.4. The first-order chi connectivity index (χ1) is 12.6. The summed E-state index contributed by atoms with van der Waals surface area (Å²) in [6.07, 6.45) is 7.86. The molecule has 0 aliphatic heterocycles. The molecular weight excluding hydrogens is 332 g/mol. The van der Waals surface area contributed by atoms with Gasteiger partial charge >= 0.3 is 0 Å². The quantitative estimate of drug-likeness (QED) is 0.689. The number of rotatable bonds is 9. The Labute approximate surface area is 153 Å². The summed E-state index contributed by atoms with van der Waals surface area (Å²) < 4.78 is 4.94. The topological polar surface area (TPSA) is 84.4 Å². The zero-order chi connectivity index (χ0) is 18.8. The van der Waals surface area contributed by atoms with Crippen LogP contribution in [0.2, 0.25) is 0 Å². The lowest BCUT2D eigenvalue weighted by Gasteiger charge is -2.17. The van der Waals surface area contributed by atoms with Gasteiger partial charge in [-0.2, -0.15) is 0 Å². The average molecular weight is 356 g/mol. The Balaban J connectivity index is 1.92. The fourth-order valence-corrected chi connectivity index (χ4v) is 2.37. The molecule has 0 atom stereocenters. The molecule has 7 heteroatoms. The molecule has 0 radical (unpaired) electrons. The number of carbonyl (C=O) groups is 2. The van der Waals surface area contributed by atoms with Crippen LogP contribution in [-0.4, -0.2) is 60.5 Å². The Kier molecular flexibility index (Phi) is 7.70. The van der Waals surface area contributed by atoms with Gasteiger partial charge in [0, 0.05) is 58.6 Å². The van der Waals surface area contributed by atoms with E-state index in [1.165, 1.54) is 12.4 Å². The number of hydrogen-bond acceptors (Lipinski definition) is 5. The number of methoxy groups -OCH3 is 1. The third-order valence-electron chi connectivity index (χ3n) is 3.89. The van der Waals surface area contributed by atoms with Crippen LogP contribution in [0.4, 0.5) is 0 Å². The van der Waals surface area contributed by atoms with Gasteiger partial charge in [-0.05, 0) is 36.6 Å². The second-order valence-electron chi connectivity index (χ2n) is 5.90. The van der Waals surface area contributed by atoms with Crippen LogP contribution in [0.25, 0.3) is 0 Å². The molecule has 0 aromatic carbocycles. The molecule has 7 nitrogen and oxygen atoms in total. The minimum atomic E-state index is -0.248. The second-order valence-corrected chi connectivity index (χ2v) is 5.90. The predicted molar refractivity (Wildman–Crippen MR) is 98.0 cm³/mol. The molecule has 138 valence electrons. The van der Waals surface area contributed by atoms with Crippen molar-refractivity contribution in [3.8, 4) is 0 Å². The number of nitrogens with zero attached hydrogens (tertiary/aromatic N) is 3. The van der Waals surface area contributed by atoms with Crippen LogP contribution in [0.15, 0.2) is 43.0 Å². The van der Waals surface area contributed by atoms with E-state index in [0.29, 0.717) is 30.8 Å². The van der Waals surface area contributed by atoms with Crippen molar-refractivity contribution in [1.82, 2.24) is 20.2 Å². The largest absolute Gasteiger partial charge is 0.385 e. The molecule has 2 heterocycles. The molecule has 0 unspecified atom stereocenters. The van der Waals surface area contributed by atoms with Gasteiger partial charge in [0.15, 0.2) is 0 Å². The van der Waals surface area contributed by atoms with Crippen LogP contribution < -0.4 is 5.32 Å². The lowest BCUT2D eigenvalue weighted by molar-refractivity contribution is 0.0796. The van der Waals surface area contributed by atoms with Gasteiger partial charge in [-0.15, -0.1) is 0 Å². The van der Waals surface area contributed by atoms with E-state index in [4.69, 9.17) is 4.74 Å². The Morgan fingerprint density at radius 1 is 1.15 bits per heavy atom. The number of likely N-dealkylation sites (N-methyl/N-ethyl adjacent to an activating group) is 1. The van der Waals surface area contributed by atoms with Crippen molar-refractivity contribution >= 4 is 11.8 Å². The SMILES string of the molecule is COCCCNC(=O)c1cncc(C(=O)N(C)CCc2ccncc2)c1. The first-order valence-corrected chi connectivity index (χ1v) is 8.48. The monoisotopic (exact) mass is 356 g/mol. The molecule has 0 aliphatic rings. The highest BCUT2D eigenvalue weighted by Gasteiger charge is 2.15. The Hall–Kier alpha value is -2.80. The number of amides is 2. The Morgan fingerprint density at radius 3 is 2.62 bits per heavy atom. The number of hydrogen-bond donors (Lipinski definition) is 1. The zero-order valence-corrected chi connectivity index (χ0v) is 15.1. The Morgan fingerprint density at radius 2 is 1.88 bits per heavy atom. The molecule has 1 N–H and O–H groups in total. The number of carbonyl (C=O) groups excluding carboxylic acids is 2. The number of nitrogens with one attached hydrogen (secondary N) is 1. The van der Waals surface area contributed by atoms with Gasteiger partial charge in [-0.25, -0.2) is 0 Å². The van der Waals surface area contributed by atoms with Crippen LogP contribution in [0.5, 0.6) is 0 Å². The highest BCUT2D eigenvalue weighted by atomic mass is 16.5. The fraction of sp³-hybridized carbons (Fsp3) is 0.368. The molecular formula is C19H24N4O3. The molecule has 0 aliphatic carbocycles. The van der Waals surface area contributed by atoms with Crippen molar-refractivity contribution < 1.29 is 14.3 Å². The first-order valence-electron chi connectivity index (χ1n) is 8.48. The van der Waals surface area contributed by atoms with E-state index in [9.17, 15) is 9.59 Å². The maximum Gasteiger partial charge on any atom is 0.255 e. The average Bonchev–Trinajstić information content (AvgIpc) is 2.69. The minimum Gasteiger partial charge on any atom is -0.385 e. The van der Waals surface area contributed by atoms with Crippen LogP contribution >= 0.6 is 0 Å². The predicted octanol–water partition coefficient (Wildman–Crippen LogP) is 1.56. The molecule has 26 heavy (non-hydrogen) atoms. The van der Waals surface area contributed by atoms with Crippen LogP contribution in [0.1, 0.15) is 32.7 Å². The van der Waals surface area contributed by atoms with Gasteiger partial charge < -0.3 is 15.0 Å². The molecule has 2 rings (SSSR count). The van der Waals surface area contributed by atoms with Crippen LogP contribution in [0.3, 0.4) is 0 Å². The van der Waals surface area contributed by atoms with Gasteiger partial charge in [-0.1, -0.05) is 0 Å². The summed E-state index contributed by atoms with van der Waals surface area (Å²) in [5.74, 6) is -0.414. The zero-order valence-electron chi connectivity index (χ0n) is 15.1. The minimum absolute atomic E-state index is 0.166. The van der Waals surface area contributed by atoms with Gasteiger partial charge in [0.1, 0.15) is 0 Å². The summed E-state index contributed by atoms with van der Waals surface area (Å²) in [4.78, 5) is 34.3. The number of aromatic nitrogens is 2. The maximum atomic E-state index is 12.6. The summed E-state index contributed by atoms with van der Waals surface area (Å²) in [5, 5.41) is 2.79. The highest BCUT2D eigenvalue weighted by molar-refractivity contribution is 5.99. The molecule has 2 amide bonds. The third kappa shape index (κ3) is 5.93. The van der Waals surface area contributed by atoms with Crippen molar-refractivity contribution in [2.45, 2.75) is 12.8 Å². The lowest BCUT2D eigenvalue weighted by Crippen LogP contribution is -2.30. The Bertz CT molecular complexity index is 722. The van der Waals surface area contributed by atoms with E-state index in [1.54, 1.807) is 37.5 Å². The fourth-order valence-electron chi connectivity index (χ4n) is 2.37. The van der Waals surface area contributed by atoms with Gasteiger partial charge in [0.25, 0.3) is 11.8 Å². The highest BCUT2D eigenvalue weighted by Crippen LogP contribution is 2.07. The molecule has 2 aromatic rings. The number of pyridine rings is 2. The van der Waals surface area contributed by atoms with Crippen molar-refractivity contribution in [2.24, 2.45) is 0 Å². The van der Waals surface area contributed by atoms with Crippen molar-refractivity contribution in [1.29, 1.82) is 0 Å². The third-order valence-corrected chi connectivity index (χ3v) is 3.89. The van der Waals surface area contributed by atoms with E-state index >= 15 is 0 Å². The molecule has 0 bridgehead atoms. The van der Waals surface area contributed by atoms with Gasteiger partial charge in [0.2, 0.25) is 0 Å². The summed E-state index contributed by atoms with van der Waals surface area (Å²) in [7, 11) is 3.35. The summed E-state index contributed by atoms with van der Waals surface area (Å²) in [6, 6.07) is 5.42. The first kappa shape index (κ1) is 19.5. The summed E-state index contributed by atoms with van der Waals surface area (Å²) >= 11 is 0. The van der Waals surface area contributed by atoms with E-state index in [-0.39, 0.29) is 11.8 Å². The molecule has 2 aromatic heterocycles. The van der Waals surface area contributed by atoms with E-state index in [2.05, 4.69) is 15.3 Å².